The highest BCUT2D eigenvalue weighted by atomic mass is 16.5. The van der Waals surface area contributed by atoms with E-state index in [4.69, 9.17) is 9.47 Å². The van der Waals surface area contributed by atoms with Crippen LogP contribution in [0.3, 0.4) is 0 Å². The number of piperidine rings is 1. The number of H-pyrrole nitrogens is 1. The quantitative estimate of drug-likeness (QED) is 0.835. The Morgan fingerprint density at radius 3 is 3.07 bits per heavy atom. The lowest BCUT2D eigenvalue weighted by Crippen LogP contribution is -2.51. The number of carboxylic acids is 1. The third-order valence-corrected chi connectivity index (χ3v) is 6.67. The highest BCUT2D eigenvalue weighted by molar-refractivity contribution is 5.88. The third kappa shape index (κ3) is 2.46. The van der Waals surface area contributed by atoms with Gasteiger partial charge >= 0.3 is 5.97 Å². The van der Waals surface area contributed by atoms with Crippen LogP contribution in [-0.2, 0) is 16.0 Å². The lowest BCUT2D eigenvalue weighted by molar-refractivity contribution is -0.135. The van der Waals surface area contributed by atoms with Crippen molar-refractivity contribution < 1.29 is 23.7 Å². The van der Waals surface area contributed by atoms with Crippen LogP contribution in [0.2, 0.25) is 0 Å². The molecule has 0 spiro atoms. The molecule has 6 nitrogen and oxygen atoms in total. The number of rotatable bonds is 2. The van der Waals surface area contributed by atoms with Crippen molar-refractivity contribution in [2.75, 3.05) is 20.2 Å². The molecule has 4 atom stereocenters. The maximum atomic E-state index is 11.7. The molecular weight excluding hydrogens is 344 g/mol. The Balaban J connectivity index is 0.00000107. The molecule has 2 aromatic rings. The Hall–Kier alpha value is -2.47. The van der Waals surface area contributed by atoms with Gasteiger partial charge in [0.2, 0.25) is 0 Å². The predicted molar refractivity (Wildman–Crippen MR) is 107 cm³/mol. The second kappa shape index (κ2) is 6.02. The summed E-state index contributed by atoms with van der Waals surface area (Å²) in [6.07, 6.45) is 3.33. The van der Waals surface area contributed by atoms with Gasteiger partial charge < -0.3 is 19.6 Å². The van der Waals surface area contributed by atoms with Crippen LogP contribution < -0.4 is 4.74 Å². The van der Waals surface area contributed by atoms with Crippen LogP contribution in [0.25, 0.3) is 10.9 Å². The number of benzene rings is 1. The minimum atomic E-state index is -0.859. The van der Waals surface area contributed by atoms with Gasteiger partial charge in [0.1, 0.15) is 5.75 Å². The highest BCUT2D eigenvalue weighted by Gasteiger charge is 2.46. The molecule has 1 fully saturated rings. The first-order valence-corrected chi connectivity index (χ1v) is 9.58. The molecule has 148 valence electrons. The van der Waals surface area contributed by atoms with E-state index in [9.17, 15) is 9.90 Å². The standard InChI is InChI=1S/C21H24N2O4.3H2/c1-11-16-9-23-6-5-13-15-7-12(26-2)3-4-18(15)22-20(13)19(23)8-14(16)17(10-27-11)21(24)25;;;/h3-4,7,10-11,14,16,19,22H,5-6,8-9H2,1-2H3,(H,24,25);3*1H/t11-,14?,16?,19?;;;/m0.../s1. The predicted octanol–water partition coefficient (Wildman–Crippen LogP) is 3.84. The van der Waals surface area contributed by atoms with Gasteiger partial charge in [-0.25, -0.2) is 4.79 Å². The van der Waals surface area contributed by atoms with Crippen LogP contribution >= 0.6 is 0 Å². The molecule has 0 saturated carbocycles. The molecule has 27 heavy (non-hydrogen) atoms. The van der Waals surface area contributed by atoms with Crippen molar-refractivity contribution in [3.8, 4) is 5.75 Å². The SMILES string of the molecule is COc1ccc2[nH]c3c(c2c1)CCN1CC2C(CC31)C(C(=O)O)=CO[C@H]2C.[HH].[HH].[HH]. The molecule has 0 amide bonds. The van der Waals surface area contributed by atoms with Gasteiger partial charge in [0.25, 0.3) is 0 Å². The molecule has 1 aromatic carbocycles. The Bertz CT molecular complexity index is 961. The van der Waals surface area contributed by atoms with Crippen molar-refractivity contribution in [2.24, 2.45) is 11.8 Å². The smallest absolute Gasteiger partial charge is 0.334 e. The molecule has 4 heterocycles. The number of hydrogen-bond acceptors (Lipinski definition) is 4. The summed E-state index contributed by atoms with van der Waals surface area (Å²) < 4.78 is 11.1. The molecular formula is C21H30N2O4. The monoisotopic (exact) mass is 374 g/mol. The number of carbonyl (C=O) groups is 1. The average Bonchev–Trinajstić information content (AvgIpc) is 3.05. The third-order valence-electron chi connectivity index (χ3n) is 6.67. The van der Waals surface area contributed by atoms with E-state index in [1.807, 2.05) is 6.07 Å². The minimum absolute atomic E-state index is 0. The van der Waals surface area contributed by atoms with Crippen molar-refractivity contribution in [1.82, 2.24) is 9.88 Å². The van der Waals surface area contributed by atoms with Gasteiger partial charge in [-0.05, 0) is 43.5 Å². The van der Waals surface area contributed by atoms with Crippen LogP contribution in [0, 0.1) is 11.8 Å². The zero-order valence-electron chi connectivity index (χ0n) is 15.6. The Labute approximate surface area is 162 Å². The molecule has 6 heteroatoms. The van der Waals surface area contributed by atoms with Gasteiger partial charge in [-0.3, -0.25) is 4.90 Å². The zero-order valence-corrected chi connectivity index (χ0v) is 15.6. The minimum Gasteiger partial charge on any atom is -0.497 e. The largest absolute Gasteiger partial charge is 0.497 e. The van der Waals surface area contributed by atoms with E-state index >= 15 is 0 Å². The summed E-state index contributed by atoms with van der Waals surface area (Å²) in [7, 11) is 1.69. The van der Waals surface area contributed by atoms with Crippen molar-refractivity contribution in [2.45, 2.75) is 31.9 Å². The molecule has 0 aliphatic carbocycles. The average molecular weight is 374 g/mol. The number of carboxylic acid groups (broad SMARTS) is 1. The summed E-state index contributed by atoms with van der Waals surface area (Å²) in [4.78, 5) is 17.9. The van der Waals surface area contributed by atoms with E-state index in [1.54, 1.807) is 7.11 Å². The molecule has 1 saturated heterocycles. The Morgan fingerprint density at radius 1 is 1.44 bits per heavy atom. The van der Waals surface area contributed by atoms with Crippen molar-refractivity contribution in [3.63, 3.8) is 0 Å². The summed E-state index contributed by atoms with van der Waals surface area (Å²) in [6, 6.07) is 6.37. The van der Waals surface area contributed by atoms with E-state index in [0.29, 0.717) is 5.57 Å². The van der Waals surface area contributed by atoms with Crippen LogP contribution in [0.5, 0.6) is 5.75 Å². The topological polar surface area (TPSA) is 74.8 Å². The van der Waals surface area contributed by atoms with Crippen LogP contribution in [0.1, 0.15) is 34.9 Å². The van der Waals surface area contributed by atoms with Crippen molar-refractivity contribution >= 4 is 16.9 Å². The van der Waals surface area contributed by atoms with E-state index in [-0.39, 0.29) is 28.3 Å². The van der Waals surface area contributed by atoms with Crippen molar-refractivity contribution in [1.29, 1.82) is 0 Å². The number of aliphatic carboxylic acids is 1. The Kier molecular flexibility index (Phi) is 3.72. The fourth-order valence-electron chi connectivity index (χ4n) is 5.23. The molecule has 3 unspecified atom stereocenters. The number of aromatic nitrogens is 1. The van der Waals surface area contributed by atoms with Gasteiger partial charge in [-0.2, -0.15) is 0 Å². The van der Waals surface area contributed by atoms with Gasteiger partial charge in [-0.1, -0.05) is 0 Å². The maximum Gasteiger partial charge on any atom is 0.334 e. The molecule has 5 rings (SSSR count). The number of aromatic amines is 1. The van der Waals surface area contributed by atoms with Crippen LogP contribution in [0.4, 0.5) is 0 Å². The normalized spacial score (nSPS) is 29.9. The van der Waals surface area contributed by atoms with Gasteiger partial charge in [0.05, 0.1) is 31.1 Å². The summed E-state index contributed by atoms with van der Waals surface area (Å²) in [6.45, 7) is 3.92. The van der Waals surface area contributed by atoms with E-state index in [2.05, 4.69) is 28.9 Å². The van der Waals surface area contributed by atoms with Crippen molar-refractivity contribution in [3.05, 3.63) is 41.3 Å². The summed E-state index contributed by atoms with van der Waals surface area (Å²) in [5.74, 6) is 0.260. The molecule has 0 bridgehead atoms. The second-order valence-electron chi connectivity index (χ2n) is 7.92. The summed E-state index contributed by atoms with van der Waals surface area (Å²) in [5, 5.41) is 10.9. The maximum absolute atomic E-state index is 11.7. The van der Waals surface area contributed by atoms with Gasteiger partial charge in [0, 0.05) is 45.8 Å². The van der Waals surface area contributed by atoms with Crippen LogP contribution in [-0.4, -0.2) is 47.3 Å². The molecule has 1 aromatic heterocycles. The molecule has 3 aliphatic rings. The van der Waals surface area contributed by atoms with Gasteiger partial charge in [-0.15, -0.1) is 0 Å². The first-order valence-electron chi connectivity index (χ1n) is 9.58. The number of hydrogen-bond donors (Lipinski definition) is 2. The lowest BCUT2D eigenvalue weighted by Gasteiger charge is -2.49. The second-order valence-corrected chi connectivity index (χ2v) is 7.92. The lowest BCUT2D eigenvalue weighted by atomic mass is 9.72. The highest BCUT2D eigenvalue weighted by Crippen LogP contribution is 2.47. The number of nitrogens with one attached hydrogen (secondary N) is 1. The van der Waals surface area contributed by atoms with E-state index < -0.39 is 5.97 Å². The number of methoxy groups -OCH3 is 1. The number of nitrogens with zero attached hydrogens (tertiary/aromatic N) is 1. The number of fused-ring (bicyclic) bond motifs is 6. The molecule has 0 radical (unpaired) electrons. The molecule has 3 aliphatic heterocycles. The van der Waals surface area contributed by atoms with Gasteiger partial charge in [0.15, 0.2) is 0 Å². The summed E-state index contributed by atoms with van der Waals surface area (Å²) >= 11 is 0. The Morgan fingerprint density at radius 2 is 2.30 bits per heavy atom. The fraction of sp³-hybridized carbons (Fsp3) is 0.476. The van der Waals surface area contributed by atoms with E-state index in [1.165, 1.54) is 22.9 Å². The fourth-order valence-corrected chi connectivity index (χ4v) is 5.23. The zero-order chi connectivity index (χ0) is 18.7. The first-order chi connectivity index (χ1) is 13.1. The van der Waals surface area contributed by atoms with Crippen LogP contribution in [0.15, 0.2) is 30.0 Å². The molecule has 2 N–H and O–H groups in total. The number of ether oxygens (including phenoxy) is 2. The first kappa shape index (κ1) is 16.7. The summed E-state index contributed by atoms with van der Waals surface area (Å²) in [5.41, 5.74) is 4.14. The van der Waals surface area contributed by atoms with E-state index in [0.717, 1.165) is 37.2 Å².